The third-order valence-corrected chi connectivity index (χ3v) is 2.76. The van der Waals surface area contributed by atoms with E-state index in [0.717, 1.165) is 10.2 Å². The molecule has 2 amide bonds. The number of nitrogens with zero attached hydrogens (tertiary/aromatic N) is 1. The summed E-state index contributed by atoms with van der Waals surface area (Å²) in [6.07, 6.45) is 0. The van der Waals surface area contributed by atoms with E-state index in [1.807, 2.05) is 24.3 Å². The summed E-state index contributed by atoms with van der Waals surface area (Å²) in [5.74, 6) is -0.137. The first-order chi connectivity index (χ1) is 8.00. The van der Waals surface area contributed by atoms with E-state index in [2.05, 4.69) is 21.2 Å². The predicted octanol–water partition coefficient (Wildman–Crippen LogP) is 1.94. The van der Waals surface area contributed by atoms with E-state index in [4.69, 9.17) is 0 Å². The fraction of sp³-hybridized carbons (Fsp3) is 0.333. The number of carbonyl (C=O) groups is 2. The normalized spacial score (nSPS) is 9.82. The van der Waals surface area contributed by atoms with Crippen LogP contribution in [0.15, 0.2) is 28.7 Å². The second kappa shape index (κ2) is 6.39. The van der Waals surface area contributed by atoms with Crippen LogP contribution in [0.3, 0.4) is 0 Å². The third-order valence-electron chi connectivity index (χ3n) is 2.23. The van der Waals surface area contributed by atoms with Crippen molar-refractivity contribution in [2.75, 3.05) is 18.0 Å². The Bertz CT molecular complexity index is 403. The Balaban J connectivity index is 2.69. The van der Waals surface area contributed by atoms with Gasteiger partial charge in [0.15, 0.2) is 0 Å². The second-order valence-electron chi connectivity index (χ2n) is 3.63. The van der Waals surface area contributed by atoms with E-state index >= 15 is 0 Å². The van der Waals surface area contributed by atoms with Crippen LogP contribution in [0, 0.1) is 0 Å². The van der Waals surface area contributed by atoms with Gasteiger partial charge in [-0.15, -0.1) is 0 Å². The van der Waals surface area contributed by atoms with Gasteiger partial charge < -0.3 is 10.2 Å². The maximum absolute atomic E-state index is 11.5. The molecule has 0 aliphatic carbocycles. The summed E-state index contributed by atoms with van der Waals surface area (Å²) in [6, 6.07) is 7.48. The van der Waals surface area contributed by atoms with Gasteiger partial charge in [-0.05, 0) is 24.3 Å². The number of anilines is 1. The Hall–Kier alpha value is -1.36. The molecule has 0 atom stereocenters. The summed E-state index contributed by atoms with van der Waals surface area (Å²) in [7, 11) is 0. The molecule has 0 saturated carbocycles. The molecule has 0 aliphatic rings. The van der Waals surface area contributed by atoms with Gasteiger partial charge in [-0.1, -0.05) is 15.9 Å². The quantitative estimate of drug-likeness (QED) is 0.923. The first-order valence-corrected chi connectivity index (χ1v) is 6.08. The molecule has 17 heavy (non-hydrogen) atoms. The van der Waals surface area contributed by atoms with Crippen LogP contribution in [-0.4, -0.2) is 24.9 Å². The molecule has 5 heteroatoms. The lowest BCUT2D eigenvalue weighted by Gasteiger charge is -2.21. The molecule has 1 aromatic carbocycles. The Morgan fingerprint density at radius 1 is 1.24 bits per heavy atom. The van der Waals surface area contributed by atoms with E-state index in [-0.39, 0.29) is 11.8 Å². The number of amides is 2. The summed E-state index contributed by atoms with van der Waals surface area (Å²) < 4.78 is 0.964. The van der Waals surface area contributed by atoms with Crippen LogP contribution in [0.5, 0.6) is 0 Å². The van der Waals surface area contributed by atoms with Crippen molar-refractivity contribution in [1.82, 2.24) is 5.32 Å². The minimum absolute atomic E-state index is 0.0438. The first-order valence-electron chi connectivity index (χ1n) is 5.29. The van der Waals surface area contributed by atoms with Crippen LogP contribution < -0.4 is 10.2 Å². The van der Waals surface area contributed by atoms with E-state index in [9.17, 15) is 9.59 Å². The molecular formula is C12H15BrN2O2. The fourth-order valence-corrected chi connectivity index (χ4v) is 1.70. The van der Waals surface area contributed by atoms with Crippen molar-refractivity contribution in [3.63, 3.8) is 0 Å². The number of hydrogen-bond donors (Lipinski definition) is 1. The highest BCUT2D eigenvalue weighted by Gasteiger charge is 2.10. The summed E-state index contributed by atoms with van der Waals surface area (Å²) in [5.41, 5.74) is 0.825. The lowest BCUT2D eigenvalue weighted by Crippen LogP contribution is -2.36. The van der Waals surface area contributed by atoms with Gasteiger partial charge in [0.1, 0.15) is 0 Å². The van der Waals surface area contributed by atoms with Crippen molar-refractivity contribution in [2.45, 2.75) is 13.8 Å². The lowest BCUT2D eigenvalue weighted by molar-refractivity contribution is -0.119. The van der Waals surface area contributed by atoms with Gasteiger partial charge in [0.25, 0.3) is 0 Å². The van der Waals surface area contributed by atoms with E-state index in [1.54, 1.807) is 4.90 Å². The summed E-state index contributed by atoms with van der Waals surface area (Å²) in [6.45, 7) is 3.88. The zero-order valence-electron chi connectivity index (χ0n) is 9.87. The SMILES string of the molecule is CC(=O)NCCN(C(C)=O)c1ccc(Br)cc1. The van der Waals surface area contributed by atoms with Crippen molar-refractivity contribution in [3.8, 4) is 0 Å². The molecule has 1 N–H and O–H groups in total. The van der Waals surface area contributed by atoms with E-state index in [0.29, 0.717) is 13.1 Å². The summed E-state index contributed by atoms with van der Waals surface area (Å²) >= 11 is 3.34. The molecule has 0 aromatic heterocycles. The number of benzene rings is 1. The number of carbonyl (C=O) groups excluding carboxylic acids is 2. The molecule has 0 bridgehead atoms. The highest BCUT2D eigenvalue weighted by Crippen LogP contribution is 2.18. The molecule has 0 saturated heterocycles. The Kier molecular flexibility index (Phi) is 5.15. The van der Waals surface area contributed by atoms with Crippen LogP contribution in [-0.2, 0) is 9.59 Å². The minimum atomic E-state index is -0.0932. The third kappa shape index (κ3) is 4.56. The van der Waals surface area contributed by atoms with Gasteiger partial charge in [-0.2, -0.15) is 0 Å². The lowest BCUT2D eigenvalue weighted by atomic mass is 10.3. The van der Waals surface area contributed by atoms with Crippen molar-refractivity contribution in [1.29, 1.82) is 0 Å². The molecule has 0 unspecified atom stereocenters. The fourth-order valence-electron chi connectivity index (χ4n) is 1.43. The van der Waals surface area contributed by atoms with E-state index in [1.165, 1.54) is 13.8 Å². The summed E-state index contributed by atoms with van der Waals surface area (Å²) in [4.78, 5) is 23.9. The topological polar surface area (TPSA) is 49.4 Å². The van der Waals surface area contributed by atoms with Gasteiger partial charge in [-0.3, -0.25) is 9.59 Å². The molecule has 0 aliphatic heterocycles. The predicted molar refractivity (Wildman–Crippen MR) is 70.9 cm³/mol. The van der Waals surface area contributed by atoms with Crippen molar-refractivity contribution < 1.29 is 9.59 Å². The smallest absolute Gasteiger partial charge is 0.223 e. The number of hydrogen-bond acceptors (Lipinski definition) is 2. The van der Waals surface area contributed by atoms with Gasteiger partial charge in [0.05, 0.1) is 0 Å². The molecule has 0 fully saturated rings. The van der Waals surface area contributed by atoms with Crippen LogP contribution in [0.25, 0.3) is 0 Å². The van der Waals surface area contributed by atoms with E-state index < -0.39 is 0 Å². The average molecular weight is 299 g/mol. The monoisotopic (exact) mass is 298 g/mol. The molecule has 0 heterocycles. The Morgan fingerprint density at radius 2 is 1.82 bits per heavy atom. The highest BCUT2D eigenvalue weighted by atomic mass is 79.9. The van der Waals surface area contributed by atoms with Crippen LogP contribution >= 0.6 is 15.9 Å². The number of nitrogens with one attached hydrogen (secondary N) is 1. The number of rotatable bonds is 4. The van der Waals surface area contributed by atoms with Gasteiger partial charge in [0.2, 0.25) is 11.8 Å². The average Bonchev–Trinajstić information content (AvgIpc) is 2.25. The van der Waals surface area contributed by atoms with Gasteiger partial charge in [-0.25, -0.2) is 0 Å². The summed E-state index contributed by atoms with van der Waals surface area (Å²) in [5, 5.41) is 2.67. The molecule has 1 aromatic rings. The molecule has 0 spiro atoms. The molecule has 1 rings (SSSR count). The number of halogens is 1. The zero-order valence-corrected chi connectivity index (χ0v) is 11.5. The van der Waals surface area contributed by atoms with Crippen LogP contribution in [0.2, 0.25) is 0 Å². The molecule has 92 valence electrons. The van der Waals surface area contributed by atoms with Gasteiger partial charge >= 0.3 is 0 Å². The Morgan fingerprint density at radius 3 is 2.29 bits per heavy atom. The minimum Gasteiger partial charge on any atom is -0.355 e. The molecular weight excluding hydrogens is 284 g/mol. The Labute approximate surface area is 109 Å². The largest absolute Gasteiger partial charge is 0.355 e. The van der Waals surface area contributed by atoms with Crippen LogP contribution in [0.4, 0.5) is 5.69 Å². The maximum atomic E-state index is 11.5. The maximum Gasteiger partial charge on any atom is 0.223 e. The highest BCUT2D eigenvalue weighted by molar-refractivity contribution is 9.10. The van der Waals surface area contributed by atoms with Gasteiger partial charge in [0, 0.05) is 37.1 Å². The standard InChI is InChI=1S/C12H15BrN2O2/c1-9(16)14-7-8-15(10(2)17)12-5-3-11(13)4-6-12/h3-6H,7-8H2,1-2H3,(H,14,16). The van der Waals surface area contributed by atoms with Crippen molar-refractivity contribution >= 4 is 33.4 Å². The zero-order chi connectivity index (χ0) is 12.8. The second-order valence-corrected chi connectivity index (χ2v) is 4.55. The van der Waals surface area contributed by atoms with Crippen LogP contribution in [0.1, 0.15) is 13.8 Å². The first kappa shape index (κ1) is 13.7. The van der Waals surface area contributed by atoms with Crippen molar-refractivity contribution in [2.24, 2.45) is 0 Å². The molecule has 0 radical (unpaired) electrons. The van der Waals surface area contributed by atoms with Crippen molar-refractivity contribution in [3.05, 3.63) is 28.7 Å². The molecule has 4 nitrogen and oxygen atoms in total.